The summed E-state index contributed by atoms with van der Waals surface area (Å²) in [6.07, 6.45) is 2.06. The van der Waals surface area contributed by atoms with Gasteiger partial charge in [0.1, 0.15) is 11.6 Å². The van der Waals surface area contributed by atoms with Crippen molar-refractivity contribution in [3.05, 3.63) is 34.7 Å². The van der Waals surface area contributed by atoms with E-state index in [1.165, 1.54) is 0 Å². The Balaban J connectivity index is 2.11. The molecule has 0 atom stereocenters. The molecule has 1 heterocycles. The van der Waals surface area contributed by atoms with E-state index >= 15 is 0 Å². The third kappa shape index (κ3) is 3.45. The van der Waals surface area contributed by atoms with Gasteiger partial charge in [0, 0.05) is 6.42 Å². The van der Waals surface area contributed by atoms with Crippen molar-refractivity contribution >= 4 is 34.9 Å². The van der Waals surface area contributed by atoms with Gasteiger partial charge in [-0.15, -0.1) is 0 Å². The quantitative estimate of drug-likeness (QED) is 0.657. The van der Waals surface area contributed by atoms with E-state index in [0.717, 1.165) is 17.3 Å². The Morgan fingerprint density at radius 2 is 2.11 bits per heavy atom. The lowest BCUT2D eigenvalue weighted by molar-refractivity contribution is -0.134. The van der Waals surface area contributed by atoms with Crippen LogP contribution in [0.4, 0.5) is 4.79 Å². The van der Waals surface area contributed by atoms with Crippen LogP contribution in [0, 0.1) is 5.41 Å². The van der Waals surface area contributed by atoms with Crippen LogP contribution in [0.5, 0.6) is 5.75 Å². The van der Waals surface area contributed by atoms with Gasteiger partial charge in [0.15, 0.2) is 0 Å². The normalized spacial score (nSPS) is 16.6. The van der Waals surface area contributed by atoms with E-state index in [0.29, 0.717) is 17.1 Å². The summed E-state index contributed by atoms with van der Waals surface area (Å²) >= 11 is 0.988. The molecule has 2 N–H and O–H groups in total. The number of amidine groups is 1. The Morgan fingerprint density at radius 3 is 2.63 bits per heavy atom. The van der Waals surface area contributed by atoms with E-state index < -0.39 is 0 Å². The molecule has 1 aromatic rings. The van der Waals surface area contributed by atoms with Crippen molar-refractivity contribution in [1.29, 1.82) is 5.41 Å². The second-order valence-electron chi connectivity index (χ2n) is 3.79. The van der Waals surface area contributed by atoms with Gasteiger partial charge in [-0.25, -0.2) is 0 Å². The molecule has 0 bridgehead atoms. The molecule has 1 fully saturated rings. The van der Waals surface area contributed by atoms with Crippen LogP contribution in [0.3, 0.4) is 0 Å². The Hall–Kier alpha value is -2.08. The lowest BCUT2D eigenvalue weighted by Gasteiger charge is -2.02. The predicted octanol–water partition coefficient (Wildman–Crippen LogP) is 2.78. The summed E-state index contributed by atoms with van der Waals surface area (Å²) in [7, 11) is 0. The van der Waals surface area contributed by atoms with Crippen LogP contribution in [-0.2, 0) is 4.79 Å². The summed E-state index contributed by atoms with van der Waals surface area (Å²) in [5.74, 6) is 0.308. The highest BCUT2D eigenvalue weighted by atomic mass is 32.2. The number of hydrogen-bond acceptors (Lipinski definition) is 5. The first-order valence-electron chi connectivity index (χ1n) is 5.68. The third-order valence-electron chi connectivity index (χ3n) is 2.37. The van der Waals surface area contributed by atoms with Crippen molar-refractivity contribution in [3.8, 4) is 5.75 Å². The van der Waals surface area contributed by atoms with Gasteiger partial charge in [0.2, 0.25) is 0 Å². The van der Waals surface area contributed by atoms with Gasteiger partial charge >= 0.3 is 5.97 Å². The van der Waals surface area contributed by atoms with Gasteiger partial charge < -0.3 is 10.1 Å². The number of rotatable bonds is 3. The number of carbonyl (C=O) groups excluding carboxylic acids is 2. The SMILES string of the molecule is CCC(=O)Oc1ccc(C=C2SC(=O)NC2=N)cc1. The molecule has 0 aromatic heterocycles. The molecule has 5 nitrogen and oxygen atoms in total. The summed E-state index contributed by atoms with van der Waals surface area (Å²) in [6, 6.07) is 6.89. The molecule has 19 heavy (non-hydrogen) atoms. The Bertz CT molecular complexity index is 564. The maximum Gasteiger partial charge on any atom is 0.310 e. The van der Waals surface area contributed by atoms with Crippen molar-refractivity contribution in [3.63, 3.8) is 0 Å². The number of amides is 1. The number of carbonyl (C=O) groups is 2. The van der Waals surface area contributed by atoms with Gasteiger partial charge in [0.25, 0.3) is 5.24 Å². The predicted molar refractivity (Wildman–Crippen MR) is 74.2 cm³/mol. The molecule has 0 unspecified atom stereocenters. The van der Waals surface area contributed by atoms with Crippen molar-refractivity contribution in [2.24, 2.45) is 0 Å². The van der Waals surface area contributed by atoms with E-state index in [-0.39, 0.29) is 17.0 Å². The van der Waals surface area contributed by atoms with Crippen molar-refractivity contribution in [2.75, 3.05) is 0 Å². The minimum Gasteiger partial charge on any atom is -0.427 e. The summed E-state index contributed by atoms with van der Waals surface area (Å²) in [6.45, 7) is 1.73. The molecule has 98 valence electrons. The molecule has 0 aliphatic carbocycles. The zero-order chi connectivity index (χ0) is 13.8. The Labute approximate surface area is 114 Å². The topological polar surface area (TPSA) is 79.2 Å². The number of ether oxygens (including phenoxy) is 1. The van der Waals surface area contributed by atoms with Gasteiger partial charge in [-0.3, -0.25) is 15.0 Å². The molecule has 6 heteroatoms. The van der Waals surface area contributed by atoms with Crippen molar-refractivity contribution < 1.29 is 14.3 Å². The number of thioether (sulfide) groups is 1. The molecule has 1 saturated heterocycles. The summed E-state index contributed by atoms with van der Waals surface area (Å²) in [4.78, 5) is 22.8. The van der Waals surface area contributed by atoms with E-state index in [4.69, 9.17) is 10.1 Å². The average molecular weight is 276 g/mol. The monoisotopic (exact) mass is 276 g/mol. The number of nitrogens with one attached hydrogen (secondary N) is 2. The largest absolute Gasteiger partial charge is 0.427 e. The Kier molecular flexibility index (Phi) is 4.01. The van der Waals surface area contributed by atoms with Crippen LogP contribution in [0.15, 0.2) is 29.2 Å². The third-order valence-corrected chi connectivity index (χ3v) is 3.20. The second kappa shape index (κ2) is 5.71. The molecular weight excluding hydrogens is 264 g/mol. The van der Waals surface area contributed by atoms with Crippen LogP contribution in [-0.4, -0.2) is 17.0 Å². The second-order valence-corrected chi connectivity index (χ2v) is 4.81. The number of hydrogen-bond donors (Lipinski definition) is 2. The lowest BCUT2D eigenvalue weighted by Crippen LogP contribution is -2.17. The van der Waals surface area contributed by atoms with E-state index in [1.807, 2.05) is 0 Å². The zero-order valence-corrected chi connectivity index (χ0v) is 11.0. The Morgan fingerprint density at radius 1 is 1.42 bits per heavy atom. The fraction of sp³-hybridized carbons (Fsp3) is 0.154. The van der Waals surface area contributed by atoms with Gasteiger partial charge in [-0.1, -0.05) is 19.1 Å². The standard InChI is InChI=1S/C13H12N2O3S/c1-2-11(16)18-9-5-3-8(4-6-9)7-10-12(14)15-13(17)19-10/h3-7H,2H2,1H3,(H2,14,15,17). The molecule has 1 aliphatic heterocycles. The molecule has 0 spiro atoms. The first-order valence-corrected chi connectivity index (χ1v) is 6.50. The smallest absolute Gasteiger partial charge is 0.310 e. The van der Waals surface area contributed by atoms with Gasteiger partial charge in [0.05, 0.1) is 4.91 Å². The highest BCUT2D eigenvalue weighted by molar-refractivity contribution is 8.18. The summed E-state index contributed by atoms with van der Waals surface area (Å²) in [5, 5.41) is 9.71. The zero-order valence-electron chi connectivity index (χ0n) is 10.2. The molecule has 0 saturated carbocycles. The number of benzene rings is 1. The first-order chi connectivity index (χ1) is 9.08. The molecule has 1 aromatic carbocycles. The van der Waals surface area contributed by atoms with E-state index in [1.54, 1.807) is 37.3 Å². The van der Waals surface area contributed by atoms with Crippen molar-refractivity contribution in [1.82, 2.24) is 5.32 Å². The fourth-order valence-electron chi connectivity index (χ4n) is 1.43. The maximum atomic E-state index is 11.1. The van der Waals surface area contributed by atoms with Crippen LogP contribution in [0.2, 0.25) is 0 Å². The first kappa shape index (κ1) is 13.4. The van der Waals surface area contributed by atoms with Gasteiger partial charge in [-0.2, -0.15) is 0 Å². The minimum absolute atomic E-state index is 0.108. The molecular formula is C13H12N2O3S. The molecule has 2 rings (SSSR count). The summed E-state index contributed by atoms with van der Waals surface area (Å²) in [5.41, 5.74) is 0.833. The van der Waals surface area contributed by atoms with E-state index in [2.05, 4.69) is 5.32 Å². The summed E-state index contributed by atoms with van der Waals surface area (Å²) < 4.78 is 5.05. The molecule has 0 radical (unpaired) electrons. The molecule has 1 aliphatic rings. The highest BCUT2D eigenvalue weighted by Gasteiger charge is 2.21. The highest BCUT2D eigenvalue weighted by Crippen LogP contribution is 2.26. The lowest BCUT2D eigenvalue weighted by atomic mass is 10.2. The van der Waals surface area contributed by atoms with Crippen LogP contribution in [0.1, 0.15) is 18.9 Å². The van der Waals surface area contributed by atoms with Crippen molar-refractivity contribution in [2.45, 2.75) is 13.3 Å². The van der Waals surface area contributed by atoms with Crippen LogP contribution < -0.4 is 10.1 Å². The number of esters is 1. The fourth-order valence-corrected chi connectivity index (χ4v) is 2.13. The maximum absolute atomic E-state index is 11.1. The average Bonchev–Trinajstić information content (AvgIpc) is 2.70. The van der Waals surface area contributed by atoms with Gasteiger partial charge in [-0.05, 0) is 35.5 Å². The van der Waals surface area contributed by atoms with Crippen LogP contribution in [0.25, 0.3) is 6.08 Å². The minimum atomic E-state index is -0.283. The molecule has 1 amide bonds. The van der Waals surface area contributed by atoms with Crippen LogP contribution >= 0.6 is 11.8 Å². The van der Waals surface area contributed by atoms with E-state index in [9.17, 15) is 9.59 Å².